The third-order valence-electron chi connectivity index (χ3n) is 2.66. The third kappa shape index (κ3) is 2.19. The Morgan fingerprint density at radius 2 is 1.94 bits per heavy atom. The highest BCUT2D eigenvalue weighted by Crippen LogP contribution is 2.16. The zero-order chi connectivity index (χ0) is 12.4. The molecule has 0 aliphatic carbocycles. The number of hydrogen-bond donors (Lipinski definition) is 0. The summed E-state index contributed by atoms with van der Waals surface area (Å²) in [7, 11) is 1.85. The van der Waals surface area contributed by atoms with Gasteiger partial charge in [0.1, 0.15) is 5.02 Å². The van der Waals surface area contributed by atoms with Gasteiger partial charge in [0.25, 0.3) is 5.56 Å². The van der Waals surface area contributed by atoms with Gasteiger partial charge in [-0.2, -0.15) is 0 Å². The molecule has 90 valence electrons. The van der Waals surface area contributed by atoms with Gasteiger partial charge >= 0.3 is 0 Å². The van der Waals surface area contributed by atoms with E-state index >= 15 is 0 Å². The van der Waals surface area contributed by atoms with Crippen molar-refractivity contribution in [3.8, 4) is 5.69 Å². The molecule has 0 aliphatic rings. The average molecular weight is 316 g/mol. The number of alkyl halides is 1. The summed E-state index contributed by atoms with van der Waals surface area (Å²) >= 11 is 9.43. The molecule has 1 aromatic heterocycles. The topological polar surface area (TPSA) is 26.9 Å². The molecule has 0 saturated heterocycles. The third-order valence-corrected chi connectivity index (χ3v) is 3.43. The van der Waals surface area contributed by atoms with Gasteiger partial charge in [0.15, 0.2) is 0 Å². The summed E-state index contributed by atoms with van der Waals surface area (Å²) in [6, 6.07) is 9.48. The van der Waals surface area contributed by atoms with E-state index < -0.39 is 0 Å². The Bertz CT molecular complexity index is 574. The zero-order valence-electron chi connectivity index (χ0n) is 9.36. The van der Waals surface area contributed by atoms with Gasteiger partial charge in [-0.25, -0.2) is 4.68 Å². The molecule has 1 heterocycles. The molecule has 2 rings (SSSR count). The summed E-state index contributed by atoms with van der Waals surface area (Å²) in [5, 5.41) is 1.08. The van der Waals surface area contributed by atoms with Gasteiger partial charge < -0.3 is 0 Å². The Kier molecular flexibility index (Phi) is 3.74. The zero-order valence-corrected chi connectivity index (χ0v) is 11.7. The summed E-state index contributed by atoms with van der Waals surface area (Å²) < 4.78 is 3.39. The SMILES string of the molecule is Cn1c(CCBr)c(Cl)c(=O)n1-c1ccccc1. The number of para-hydroxylation sites is 1. The first-order valence-electron chi connectivity index (χ1n) is 5.24. The lowest BCUT2D eigenvalue weighted by molar-refractivity contribution is 0.619. The molecule has 1 aromatic carbocycles. The lowest BCUT2D eigenvalue weighted by atomic mass is 10.3. The first-order chi connectivity index (χ1) is 8.16. The van der Waals surface area contributed by atoms with Gasteiger partial charge in [-0.3, -0.25) is 9.48 Å². The van der Waals surface area contributed by atoms with Gasteiger partial charge in [-0.05, 0) is 12.1 Å². The predicted octanol–water partition coefficient (Wildman–Crippen LogP) is 2.77. The average Bonchev–Trinajstić information content (AvgIpc) is 2.55. The Hall–Kier alpha value is -1.00. The van der Waals surface area contributed by atoms with Crippen LogP contribution in [0.25, 0.3) is 5.69 Å². The molecule has 5 heteroatoms. The second kappa shape index (κ2) is 5.10. The van der Waals surface area contributed by atoms with Crippen LogP contribution < -0.4 is 5.56 Å². The lowest BCUT2D eigenvalue weighted by Crippen LogP contribution is -2.19. The largest absolute Gasteiger partial charge is 0.290 e. The first-order valence-corrected chi connectivity index (χ1v) is 6.74. The van der Waals surface area contributed by atoms with Crippen LogP contribution in [0.15, 0.2) is 35.1 Å². The van der Waals surface area contributed by atoms with Crippen molar-refractivity contribution in [3.63, 3.8) is 0 Å². The highest BCUT2D eigenvalue weighted by molar-refractivity contribution is 9.09. The quantitative estimate of drug-likeness (QED) is 0.800. The molecule has 0 spiro atoms. The van der Waals surface area contributed by atoms with Crippen molar-refractivity contribution in [2.45, 2.75) is 6.42 Å². The van der Waals surface area contributed by atoms with Crippen LogP contribution in [0.1, 0.15) is 5.69 Å². The van der Waals surface area contributed by atoms with E-state index in [0.29, 0.717) is 5.02 Å². The summed E-state index contributed by atoms with van der Waals surface area (Å²) in [6.45, 7) is 0. The van der Waals surface area contributed by atoms with Gasteiger partial charge in [0, 0.05) is 18.8 Å². The summed E-state index contributed by atoms with van der Waals surface area (Å²) in [6.07, 6.45) is 0.727. The second-order valence-corrected chi connectivity index (χ2v) is 4.85. The van der Waals surface area contributed by atoms with Crippen molar-refractivity contribution in [3.05, 3.63) is 51.4 Å². The minimum Gasteiger partial charge on any atom is -0.283 e. The van der Waals surface area contributed by atoms with Crippen molar-refractivity contribution in [1.82, 2.24) is 9.36 Å². The smallest absolute Gasteiger partial charge is 0.283 e. The maximum absolute atomic E-state index is 12.1. The Morgan fingerprint density at radius 3 is 2.53 bits per heavy atom. The van der Waals surface area contributed by atoms with E-state index in [0.717, 1.165) is 23.1 Å². The lowest BCUT2D eigenvalue weighted by Gasteiger charge is -2.08. The molecule has 0 fully saturated rings. The molecule has 0 atom stereocenters. The molecule has 0 bridgehead atoms. The predicted molar refractivity (Wildman–Crippen MR) is 73.5 cm³/mol. The van der Waals surface area contributed by atoms with Crippen molar-refractivity contribution in [2.24, 2.45) is 7.05 Å². The molecule has 0 amide bonds. The molecule has 0 N–H and O–H groups in total. The van der Waals surface area contributed by atoms with Crippen molar-refractivity contribution >= 4 is 27.5 Å². The highest BCUT2D eigenvalue weighted by Gasteiger charge is 2.16. The van der Waals surface area contributed by atoms with Crippen molar-refractivity contribution in [2.75, 3.05) is 5.33 Å². The summed E-state index contributed by atoms with van der Waals surface area (Å²) in [4.78, 5) is 12.1. The van der Waals surface area contributed by atoms with Gasteiger partial charge in [-0.15, -0.1) is 0 Å². The van der Waals surface area contributed by atoms with Crippen LogP contribution in [0.5, 0.6) is 0 Å². The summed E-state index contributed by atoms with van der Waals surface area (Å²) in [5.41, 5.74) is 1.50. The molecule has 3 nitrogen and oxygen atoms in total. The van der Waals surface area contributed by atoms with Crippen molar-refractivity contribution in [1.29, 1.82) is 0 Å². The molecule has 0 radical (unpaired) electrons. The van der Waals surface area contributed by atoms with Gasteiger partial charge in [0.2, 0.25) is 0 Å². The number of nitrogens with zero attached hydrogens (tertiary/aromatic N) is 2. The molecule has 0 saturated carbocycles. The van der Waals surface area contributed by atoms with Crippen LogP contribution in [-0.4, -0.2) is 14.7 Å². The van der Waals surface area contributed by atoms with E-state index in [2.05, 4.69) is 15.9 Å². The molecule has 0 unspecified atom stereocenters. The fraction of sp³-hybridized carbons (Fsp3) is 0.250. The Balaban J connectivity index is 2.64. The fourth-order valence-corrected chi connectivity index (χ4v) is 2.51. The fourth-order valence-electron chi connectivity index (χ4n) is 1.84. The number of halogens is 2. The number of aromatic nitrogens is 2. The molecular formula is C12H12BrClN2O. The second-order valence-electron chi connectivity index (χ2n) is 3.68. The van der Waals surface area contributed by atoms with Crippen LogP contribution in [0.2, 0.25) is 5.02 Å². The molecule has 0 aliphatic heterocycles. The summed E-state index contributed by atoms with van der Waals surface area (Å²) in [5.74, 6) is 0. The monoisotopic (exact) mass is 314 g/mol. The maximum atomic E-state index is 12.1. The van der Waals surface area contributed by atoms with E-state index in [1.54, 1.807) is 9.36 Å². The van der Waals surface area contributed by atoms with Gasteiger partial charge in [0.05, 0.1) is 11.4 Å². The minimum absolute atomic E-state index is 0.170. The number of benzene rings is 1. The highest BCUT2D eigenvalue weighted by atomic mass is 79.9. The molecule has 17 heavy (non-hydrogen) atoms. The standard InChI is InChI=1S/C12H12BrClN2O/c1-15-10(7-8-13)11(14)12(17)16(15)9-5-3-2-4-6-9/h2-6H,7-8H2,1H3. The van der Waals surface area contributed by atoms with E-state index in [4.69, 9.17) is 11.6 Å². The van der Waals surface area contributed by atoms with Crippen LogP contribution >= 0.6 is 27.5 Å². The van der Waals surface area contributed by atoms with Crippen LogP contribution in [0.4, 0.5) is 0 Å². The van der Waals surface area contributed by atoms with E-state index in [1.807, 2.05) is 37.4 Å². The Morgan fingerprint density at radius 1 is 1.29 bits per heavy atom. The van der Waals surface area contributed by atoms with Crippen molar-refractivity contribution < 1.29 is 0 Å². The number of hydrogen-bond acceptors (Lipinski definition) is 1. The molecular weight excluding hydrogens is 304 g/mol. The molecule has 2 aromatic rings. The minimum atomic E-state index is -0.170. The van der Waals surface area contributed by atoms with Crippen LogP contribution in [0, 0.1) is 0 Å². The Labute approximate surface area is 113 Å². The number of rotatable bonds is 3. The van der Waals surface area contributed by atoms with E-state index in [-0.39, 0.29) is 5.56 Å². The van der Waals surface area contributed by atoms with Gasteiger partial charge in [-0.1, -0.05) is 45.7 Å². The van der Waals surface area contributed by atoms with Crippen LogP contribution in [-0.2, 0) is 13.5 Å². The normalized spacial score (nSPS) is 10.8. The first kappa shape index (κ1) is 12.5. The van der Waals surface area contributed by atoms with E-state index in [1.165, 1.54) is 0 Å². The maximum Gasteiger partial charge on any atom is 0.290 e. The van der Waals surface area contributed by atoms with E-state index in [9.17, 15) is 4.79 Å². The van der Waals surface area contributed by atoms with Crippen LogP contribution in [0.3, 0.4) is 0 Å².